The number of carbonyl (C=O) groups is 2. The van der Waals surface area contributed by atoms with Crippen molar-refractivity contribution < 1.29 is 28.9 Å². The van der Waals surface area contributed by atoms with E-state index in [2.05, 4.69) is 17.4 Å². The van der Waals surface area contributed by atoms with Crippen LogP contribution in [0.1, 0.15) is 22.8 Å². The smallest absolute Gasteiger partial charge is 0.279 e. The van der Waals surface area contributed by atoms with Crippen molar-refractivity contribution in [2.45, 2.75) is 13.5 Å². The summed E-state index contributed by atoms with van der Waals surface area (Å²) in [5.74, 6) is 1.68. The first-order valence-electron chi connectivity index (χ1n) is 10.0. The number of fused-ring (bicyclic) bond motifs is 1. The molecule has 7 heteroatoms. The highest BCUT2D eigenvalue weighted by molar-refractivity contribution is 5.95. The van der Waals surface area contributed by atoms with Crippen molar-refractivity contribution in [2.75, 3.05) is 44.8 Å². The van der Waals surface area contributed by atoms with Crippen LogP contribution in [0, 0.1) is 0 Å². The quantitative estimate of drug-likeness (QED) is 0.577. The molecule has 0 aliphatic carbocycles. The fourth-order valence-electron chi connectivity index (χ4n) is 3.87. The van der Waals surface area contributed by atoms with Gasteiger partial charge in [-0.3, -0.25) is 9.59 Å². The van der Waals surface area contributed by atoms with Gasteiger partial charge in [0.2, 0.25) is 6.79 Å². The molecule has 0 spiro atoms. The number of piperazine rings is 1. The molecular weight excluding hydrogens is 370 g/mol. The Kier molecular flexibility index (Phi) is 5.78. The molecule has 2 aromatic carbocycles. The van der Waals surface area contributed by atoms with Gasteiger partial charge >= 0.3 is 0 Å². The second-order valence-corrected chi connectivity index (χ2v) is 7.72. The molecule has 152 valence electrons. The van der Waals surface area contributed by atoms with Crippen LogP contribution in [0.15, 0.2) is 42.5 Å². The number of nitrogens with one attached hydrogen (secondary N) is 3. The van der Waals surface area contributed by atoms with Crippen molar-refractivity contribution in [3.63, 3.8) is 0 Å². The third kappa shape index (κ3) is 4.93. The number of Topliss-reactive ketones (excluding diaryl/α,β-unsaturated/α-hetero) is 1. The van der Waals surface area contributed by atoms with Crippen molar-refractivity contribution in [1.82, 2.24) is 0 Å². The first-order chi connectivity index (χ1) is 14.1. The summed E-state index contributed by atoms with van der Waals surface area (Å²) in [5, 5.41) is 2.93. The Labute approximate surface area is 170 Å². The van der Waals surface area contributed by atoms with Crippen molar-refractivity contribution in [3.05, 3.63) is 53.6 Å². The fourth-order valence-corrected chi connectivity index (χ4v) is 3.87. The molecule has 4 rings (SSSR count). The van der Waals surface area contributed by atoms with E-state index in [0.717, 1.165) is 49.9 Å². The van der Waals surface area contributed by atoms with E-state index in [0.29, 0.717) is 18.9 Å². The Balaban J connectivity index is 1.22. The Morgan fingerprint density at radius 2 is 1.62 bits per heavy atom. The van der Waals surface area contributed by atoms with E-state index in [1.54, 1.807) is 24.3 Å². The van der Waals surface area contributed by atoms with Gasteiger partial charge in [-0.05, 0) is 49.4 Å². The number of benzene rings is 2. The average molecular weight is 397 g/mol. The predicted molar refractivity (Wildman–Crippen MR) is 108 cm³/mol. The van der Waals surface area contributed by atoms with Gasteiger partial charge in [0.15, 0.2) is 23.8 Å². The minimum absolute atomic E-state index is 0.00907. The van der Waals surface area contributed by atoms with Crippen molar-refractivity contribution in [1.29, 1.82) is 0 Å². The number of hydrogen-bond donors (Lipinski definition) is 3. The highest BCUT2D eigenvalue weighted by Gasteiger charge is 2.25. The summed E-state index contributed by atoms with van der Waals surface area (Å²) in [6, 6.07) is 13.2. The van der Waals surface area contributed by atoms with Crippen LogP contribution < -0.4 is 24.6 Å². The maximum absolute atomic E-state index is 12.3. The Hall–Kier alpha value is -2.90. The van der Waals surface area contributed by atoms with Gasteiger partial charge in [-0.25, -0.2) is 0 Å². The highest BCUT2D eigenvalue weighted by atomic mass is 16.7. The standard InChI is InChI=1S/C22H25N3O4/c1-16(26)18-3-5-19(6-4-18)23-22(27)14-25-10-8-24(9-11-25)13-17-2-7-20-21(12-17)29-15-28-20/h2-7,12H,8-11,13-15H2,1H3,(H,23,27)/p+2. The zero-order chi connectivity index (χ0) is 20.2. The molecule has 0 bridgehead atoms. The van der Waals surface area contributed by atoms with E-state index in [1.165, 1.54) is 22.3 Å². The monoisotopic (exact) mass is 397 g/mol. The molecule has 29 heavy (non-hydrogen) atoms. The normalized spacial score (nSPS) is 20.3. The molecule has 0 aromatic heterocycles. The molecule has 0 saturated carbocycles. The summed E-state index contributed by atoms with van der Waals surface area (Å²) in [6.07, 6.45) is 0. The van der Waals surface area contributed by atoms with E-state index < -0.39 is 0 Å². The van der Waals surface area contributed by atoms with Crippen LogP contribution in [0.25, 0.3) is 0 Å². The molecule has 2 aliphatic heterocycles. The van der Waals surface area contributed by atoms with Gasteiger partial charge < -0.3 is 24.6 Å². The Morgan fingerprint density at radius 3 is 2.34 bits per heavy atom. The topological polar surface area (TPSA) is 73.5 Å². The second-order valence-electron chi connectivity index (χ2n) is 7.72. The highest BCUT2D eigenvalue weighted by Crippen LogP contribution is 2.32. The summed E-state index contributed by atoms with van der Waals surface area (Å²) < 4.78 is 10.8. The van der Waals surface area contributed by atoms with E-state index in [1.807, 2.05) is 6.07 Å². The number of rotatable bonds is 6. The second kappa shape index (κ2) is 8.63. The van der Waals surface area contributed by atoms with Gasteiger partial charge in [0.25, 0.3) is 5.91 Å². The van der Waals surface area contributed by atoms with Crippen LogP contribution >= 0.6 is 0 Å². The maximum atomic E-state index is 12.3. The SMILES string of the molecule is CC(=O)c1ccc(NC(=O)C[NH+]2CC[NH+](Cc3ccc4c(c3)OCO4)CC2)cc1. The summed E-state index contributed by atoms with van der Waals surface area (Å²) in [6.45, 7) is 7.26. The molecule has 2 aliphatic rings. The predicted octanol–water partition coefficient (Wildman–Crippen LogP) is -0.460. The van der Waals surface area contributed by atoms with E-state index in [9.17, 15) is 9.59 Å². The molecule has 3 N–H and O–H groups in total. The third-order valence-electron chi connectivity index (χ3n) is 5.54. The van der Waals surface area contributed by atoms with E-state index in [-0.39, 0.29) is 11.7 Å². The zero-order valence-corrected chi connectivity index (χ0v) is 16.6. The van der Waals surface area contributed by atoms with Crippen LogP contribution in [0.3, 0.4) is 0 Å². The molecule has 0 radical (unpaired) electrons. The van der Waals surface area contributed by atoms with Gasteiger partial charge in [-0.2, -0.15) is 0 Å². The molecule has 1 saturated heterocycles. The lowest BCUT2D eigenvalue weighted by Gasteiger charge is -2.29. The minimum atomic E-state index is 0.00907. The van der Waals surface area contributed by atoms with Crippen LogP contribution in [0.5, 0.6) is 11.5 Å². The lowest BCUT2D eigenvalue weighted by molar-refractivity contribution is -1.02. The Morgan fingerprint density at radius 1 is 0.931 bits per heavy atom. The van der Waals surface area contributed by atoms with Gasteiger partial charge in [-0.1, -0.05) is 0 Å². The third-order valence-corrected chi connectivity index (χ3v) is 5.54. The summed E-state index contributed by atoms with van der Waals surface area (Å²) in [5.41, 5.74) is 2.63. The first kappa shape index (κ1) is 19.4. The lowest BCUT2D eigenvalue weighted by Crippen LogP contribution is -3.28. The van der Waals surface area contributed by atoms with E-state index in [4.69, 9.17) is 9.47 Å². The van der Waals surface area contributed by atoms with Crippen molar-refractivity contribution >= 4 is 17.4 Å². The van der Waals surface area contributed by atoms with Crippen LogP contribution in [-0.2, 0) is 11.3 Å². The fraction of sp³-hybridized carbons (Fsp3) is 0.364. The van der Waals surface area contributed by atoms with Crippen LogP contribution in [-0.4, -0.2) is 51.2 Å². The van der Waals surface area contributed by atoms with Gasteiger partial charge in [-0.15, -0.1) is 0 Å². The molecule has 7 nitrogen and oxygen atoms in total. The maximum Gasteiger partial charge on any atom is 0.279 e. The summed E-state index contributed by atoms with van der Waals surface area (Å²) in [4.78, 5) is 26.5. The molecule has 1 fully saturated rings. The molecule has 1 amide bonds. The zero-order valence-electron chi connectivity index (χ0n) is 16.6. The van der Waals surface area contributed by atoms with Crippen LogP contribution in [0.4, 0.5) is 5.69 Å². The number of carbonyl (C=O) groups excluding carboxylic acids is 2. The Bertz CT molecular complexity index is 889. The first-order valence-corrected chi connectivity index (χ1v) is 10.0. The number of amides is 1. The van der Waals surface area contributed by atoms with E-state index >= 15 is 0 Å². The number of ketones is 1. The van der Waals surface area contributed by atoms with Gasteiger partial charge in [0.05, 0.1) is 0 Å². The molecule has 0 unspecified atom stereocenters. The number of ether oxygens (including phenoxy) is 2. The lowest BCUT2D eigenvalue weighted by atomic mass is 10.1. The summed E-state index contributed by atoms with van der Waals surface area (Å²) in [7, 11) is 0. The average Bonchev–Trinajstić information content (AvgIpc) is 3.18. The molecule has 2 aromatic rings. The summed E-state index contributed by atoms with van der Waals surface area (Å²) >= 11 is 0. The number of quaternary nitrogens is 2. The molecule has 2 heterocycles. The largest absolute Gasteiger partial charge is 0.454 e. The molecule has 0 atom stereocenters. The number of anilines is 1. The van der Waals surface area contributed by atoms with Gasteiger partial charge in [0, 0.05) is 16.8 Å². The van der Waals surface area contributed by atoms with Crippen LogP contribution in [0.2, 0.25) is 0 Å². The number of hydrogen-bond acceptors (Lipinski definition) is 4. The minimum Gasteiger partial charge on any atom is -0.454 e. The van der Waals surface area contributed by atoms with Gasteiger partial charge in [0.1, 0.15) is 32.7 Å². The molecular formula is C22H27N3O4+2. The van der Waals surface area contributed by atoms with Crippen molar-refractivity contribution in [3.8, 4) is 11.5 Å². The van der Waals surface area contributed by atoms with Crippen molar-refractivity contribution in [2.24, 2.45) is 0 Å².